The summed E-state index contributed by atoms with van der Waals surface area (Å²) in [7, 11) is 0. The van der Waals surface area contributed by atoms with Crippen LogP contribution < -0.4 is 10.6 Å². The normalized spacial score (nSPS) is 19.0. The highest BCUT2D eigenvalue weighted by atomic mass is 16.5. The minimum Gasteiger partial charge on any atom is -0.377 e. The van der Waals surface area contributed by atoms with Gasteiger partial charge in [0, 0.05) is 13.2 Å². The Labute approximate surface area is 127 Å². The Balaban J connectivity index is 1.52. The van der Waals surface area contributed by atoms with Gasteiger partial charge in [0.2, 0.25) is 5.91 Å². The van der Waals surface area contributed by atoms with Gasteiger partial charge in [-0.1, -0.05) is 43.2 Å². The Morgan fingerprint density at radius 1 is 1.24 bits per heavy atom. The molecule has 1 atom stereocenters. The van der Waals surface area contributed by atoms with E-state index in [0.717, 1.165) is 25.8 Å². The van der Waals surface area contributed by atoms with Crippen LogP contribution in [0.1, 0.15) is 37.7 Å². The molecular formula is C17H26N2O2. The summed E-state index contributed by atoms with van der Waals surface area (Å²) in [5, 5.41) is 6.31. The van der Waals surface area contributed by atoms with E-state index in [2.05, 4.69) is 22.8 Å². The van der Waals surface area contributed by atoms with E-state index in [9.17, 15) is 4.79 Å². The molecule has 1 heterocycles. The van der Waals surface area contributed by atoms with Crippen LogP contribution in [0, 0.1) is 0 Å². The van der Waals surface area contributed by atoms with Crippen molar-refractivity contribution >= 4 is 5.91 Å². The Bertz CT molecular complexity index is 401. The topological polar surface area (TPSA) is 50.4 Å². The van der Waals surface area contributed by atoms with Gasteiger partial charge in [-0.3, -0.25) is 4.79 Å². The Hall–Kier alpha value is -1.39. The maximum absolute atomic E-state index is 12.0. The minimum atomic E-state index is -0.00210. The van der Waals surface area contributed by atoms with Crippen LogP contribution in [0.25, 0.3) is 0 Å². The van der Waals surface area contributed by atoms with E-state index in [1.54, 1.807) is 0 Å². The first-order valence-electron chi connectivity index (χ1n) is 7.99. The number of carbonyl (C=O) groups excluding carboxylic acids is 1. The average molecular weight is 290 g/mol. The van der Waals surface area contributed by atoms with E-state index in [1.807, 2.05) is 18.2 Å². The summed E-state index contributed by atoms with van der Waals surface area (Å²) in [4.78, 5) is 12.0. The lowest BCUT2D eigenvalue weighted by molar-refractivity contribution is -0.123. The number of hydrogen-bond donors (Lipinski definition) is 2. The van der Waals surface area contributed by atoms with Gasteiger partial charge in [0.05, 0.1) is 12.6 Å². The molecule has 116 valence electrons. The highest BCUT2D eigenvalue weighted by Crippen LogP contribution is 2.08. The minimum absolute atomic E-state index is 0.00210. The molecule has 2 N–H and O–H groups in total. The molecule has 0 aliphatic carbocycles. The summed E-state index contributed by atoms with van der Waals surface area (Å²) >= 11 is 0. The maximum atomic E-state index is 12.0. The Morgan fingerprint density at radius 3 is 2.95 bits per heavy atom. The number of carbonyl (C=O) groups is 1. The number of amides is 1. The van der Waals surface area contributed by atoms with Gasteiger partial charge < -0.3 is 15.4 Å². The molecule has 2 rings (SSSR count). The molecule has 1 amide bonds. The van der Waals surface area contributed by atoms with E-state index in [-0.39, 0.29) is 11.9 Å². The third kappa shape index (κ3) is 6.27. The number of ether oxygens (including phenoxy) is 1. The maximum Gasteiger partial charge on any atom is 0.237 e. The molecule has 1 aromatic rings. The van der Waals surface area contributed by atoms with Crippen LogP contribution in [0.5, 0.6) is 0 Å². The van der Waals surface area contributed by atoms with Gasteiger partial charge in [0.25, 0.3) is 0 Å². The molecule has 0 spiro atoms. The zero-order valence-corrected chi connectivity index (χ0v) is 12.6. The molecule has 1 fully saturated rings. The third-order valence-corrected chi connectivity index (χ3v) is 3.75. The van der Waals surface area contributed by atoms with E-state index in [4.69, 9.17) is 4.74 Å². The SMILES string of the molecule is O=C(NCCCOCc1ccccc1)C1CCCCCN1. The molecule has 0 radical (unpaired) electrons. The fourth-order valence-corrected chi connectivity index (χ4v) is 2.53. The molecule has 0 aromatic heterocycles. The van der Waals surface area contributed by atoms with Crippen molar-refractivity contribution < 1.29 is 9.53 Å². The molecule has 1 aliphatic rings. The van der Waals surface area contributed by atoms with Crippen molar-refractivity contribution in [1.29, 1.82) is 0 Å². The van der Waals surface area contributed by atoms with E-state index in [1.165, 1.54) is 18.4 Å². The highest BCUT2D eigenvalue weighted by molar-refractivity contribution is 5.81. The monoisotopic (exact) mass is 290 g/mol. The van der Waals surface area contributed by atoms with Gasteiger partial charge in [0.15, 0.2) is 0 Å². The second-order valence-corrected chi connectivity index (χ2v) is 5.54. The summed E-state index contributed by atoms with van der Waals surface area (Å²) in [6.07, 6.45) is 5.36. The molecule has 1 aliphatic heterocycles. The zero-order chi connectivity index (χ0) is 14.8. The molecule has 1 aromatic carbocycles. The molecule has 1 saturated heterocycles. The van der Waals surface area contributed by atoms with Crippen LogP contribution in [0.2, 0.25) is 0 Å². The van der Waals surface area contributed by atoms with E-state index >= 15 is 0 Å². The molecular weight excluding hydrogens is 264 g/mol. The predicted octanol–water partition coefficient (Wildman–Crippen LogP) is 2.24. The van der Waals surface area contributed by atoms with Gasteiger partial charge in [-0.15, -0.1) is 0 Å². The molecule has 0 bridgehead atoms. The first-order chi connectivity index (χ1) is 10.4. The fourth-order valence-electron chi connectivity index (χ4n) is 2.53. The summed E-state index contributed by atoms with van der Waals surface area (Å²) < 4.78 is 5.60. The van der Waals surface area contributed by atoms with Crippen LogP contribution in [0.4, 0.5) is 0 Å². The lowest BCUT2D eigenvalue weighted by Gasteiger charge is -2.15. The van der Waals surface area contributed by atoms with Gasteiger partial charge in [-0.2, -0.15) is 0 Å². The van der Waals surface area contributed by atoms with Crippen molar-refractivity contribution in [2.75, 3.05) is 19.7 Å². The largest absolute Gasteiger partial charge is 0.377 e. The van der Waals surface area contributed by atoms with Gasteiger partial charge in [0.1, 0.15) is 0 Å². The number of nitrogens with one attached hydrogen (secondary N) is 2. The van der Waals surface area contributed by atoms with Crippen molar-refractivity contribution in [2.24, 2.45) is 0 Å². The molecule has 21 heavy (non-hydrogen) atoms. The van der Waals surface area contributed by atoms with Crippen molar-refractivity contribution in [2.45, 2.75) is 44.8 Å². The summed E-state index contributed by atoms with van der Waals surface area (Å²) in [5.74, 6) is 0.139. The average Bonchev–Trinajstić information content (AvgIpc) is 2.81. The first kappa shape index (κ1) is 16.0. The third-order valence-electron chi connectivity index (χ3n) is 3.75. The highest BCUT2D eigenvalue weighted by Gasteiger charge is 2.18. The standard InChI is InChI=1S/C17H26N2O2/c20-17(16-10-5-2-6-11-18-16)19-12-7-13-21-14-15-8-3-1-4-9-15/h1,3-4,8-9,16,18H,2,5-7,10-14H2,(H,19,20). The second kappa shape index (κ2) is 9.53. The molecule has 4 heteroatoms. The fraction of sp³-hybridized carbons (Fsp3) is 0.588. The lowest BCUT2D eigenvalue weighted by atomic mass is 10.1. The van der Waals surface area contributed by atoms with Crippen molar-refractivity contribution in [3.63, 3.8) is 0 Å². The summed E-state index contributed by atoms with van der Waals surface area (Å²) in [5.41, 5.74) is 1.18. The van der Waals surface area contributed by atoms with Crippen LogP contribution >= 0.6 is 0 Å². The van der Waals surface area contributed by atoms with Gasteiger partial charge in [-0.05, 0) is 31.4 Å². The quantitative estimate of drug-likeness (QED) is 0.757. The smallest absolute Gasteiger partial charge is 0.237 e. The summed E-state index contributed by atoms with van der Waals surface area (Å²) in [6, 6.07) is 10.1. The second-order valence-electron chi connectivity index (χ2n) is 5.54. The number of rotatable bonds is 7. The van der Waals surface area contributed by atoms with Crippen LogP contribution in [-0.2, 0) is 16.1 Å². The zero-order valence-electron chi connectivity index (χ0n) is 12.6. The number of benzene rings is 1. The van der Waals surface area contributed by atoms with Crippen molar-refractivity contribution in [3.8, 4) is 0 Å². The van der Waals surface area contributed by atoms with Crippen LogP contribution in [-0.4, -0.2) is 31.6 Å². The van der Waals surface area contributed by atoms with E-state index in [0.29, 0.717) is 19.8 Å². The Morgan fingerprint density at radius 2 is 2.10 bits per heavy atom. The van der Waals surface area contributed by atoms with Crippen molar-refractivity contribution in [3.05, 3.63) is 35.9 Å². The van der Waals surface area contributed by atoms with Gasteiger partial charge >= 0.3 is 0 Å². The summed E-state index contributed by atoms with van der Waals surface area (Å²) in [6.45, 7) is 2.95. The molecule has 4 nitrogen and oxygen atoms in total. The van der Waals surface area contributed by atoms with Gasteiger partial charge in [-0.25, -0.2) is 0 Å². The molecule has 1 unspecified atom stereocenters. The first-order valence-corrected chi connectivity index (χ1v) is 7.99. The van der Waals surface area contributed by atoms with Crippen LogP contribution in [0.15, 0.2) is 30.3 Å². The Kier molecular flexibility index (Phi) is 7.25. The molecule has 0 saturated carbocycles. The van der Waals surface area contributed by atoms with E-state index < -0.39 is 0 Å². The van der Waals surface area contributed by atoms with Crippen LogP contribution in [0.3, 0.4) is 0 Å². The van der Waals surface area contributed by atoms with Crippen molar-refractivity contribution in [1.82, 2.24) is 10.6 Å². The lowest BCUT2D eigenvalue weighted by Crippen LogP contribution is -2.44. The predicted molar refractivity (Wildman–Crippen MR) is 84.0 cm³/mol. The number of hydrogen-bond acceptors (Lipinski definition) is 3.